The standard InChI is InChI=1S/C26H27FN2O3/c1-18-6-8-19(9-7-18)16-29-22(17-32-25-13-21(27)10-11-24(25)29)14-26(30)28-15-20-4-3-5-23(12-20)31-2/h3-13,22H,14-17H2,1-2H3,(H,28,30)/t22-/m0/s1. The molecule has 32 heavy (non-hydrogen) atoms. The highest BCUT2D eigenvalue weighted by Gasteiger charge is 2.29. The Morgan fingerprint density at radius 3 is 2.72 bits per heavy atom. The molecule has 0 unspecified atom stereocenters. The van der Waals surface area contributed by atoms with Crippen molar-refractivity contribution in [3.63, 3.8) is 0 Å². The SMILES string of the molecule is COc1cccc(CNC(=O)C[C@H]2COc3cc(F)ccc3N2Cc2ccc(C)cc2)c1. The Morgan fingerprint density at radius 2 is 1.94 bits per heavy atom. The van der Waals surface area contributed by atoms with E-state index in [1.54, 1.807) is 13.2 Å². The molecular formula is C26H27FN2O3. The molecule has 3 aromatic carbocycles. The lowest BCUT2D eigenvalue weighted by Gasteiger charge is -2.38. The van der Waals surface area contributed by atoms with E-state index in [2.05, 4.69) is 34.5 Å². The van der Waals surface area contributed by atoms with Crippen LogP contribution in [0.15, 0.2) is 66.7 Å². The maximum absolute atomic E-state index is 13.7. The van der Waals surface area contributed by atoms with Crippen LogP contribution >= 0.6 is 0 Å². The largest absolute Gasteiger partial charge is 0.497 e. The van der Waals surface area contributed by atoms with Gasteiger partial charge in [-0.05, 0) is 42.3 Å². The highest BCUT2D eigenvalue weighted by molar-refractivity contribution is 5.77. The number of carbonyl (C=O) groups is 1. The molecule has 6 heteroatoms. The van der Waals surface area contributed by atoms with Gasteiger partial charge in [-0.25, -0.2) is 4.39 Å². The van der Waals surface area contributed by atoms with Gasteiger partial charge in [0.05, 0.1) is 25.3 Å². The van der Waals surface area contributed by atoms with Crippen LogP contribution in [0.2, 0.25) is 0 Å². The van der Waals surface area contributed by atoms with E-state index in [4.69, 9.17) is 9.47 Å². The fourth-order valence-corrected chi connectivity index (χ4v) is 3.86. The average molecular weight is 435 g/mol. The van der Waals surface area contributed by atoms with Crippen LogP contribution in [-0.2, 0) is 17.9 Å². The van der Waals surface area contributed by atoms with E-state index in [0.29, 0.717) is 25.4 Å². The number of nitrogens with one attached hydrogen (secondary N) is 1. The van der Waals surface area contributed by atoms with Crippen molar-refractivity contribution in [3.8, 4) is 11.5 Å². The van der Waals surface area contributed by atoms with Gasteiger partial charge < -0.3 is 19.7 Å². The fourth-order valence-electron chi connectivity index (χ4n) is 3.86. The Labute approximate surface area is 187 Å². The lowest BCUT2D eigenvalue weighted by molar-refractivity contribution is -0.121. The molecule has 1 heterocycles. The molecule has 0 spiro atoms. The summed E-state index contributed by atoms with van der Waals surface area (Å²) in [6.45, 7) is 3.39. The van der Waals surface area contributed by atoms with Crippen molar-refractivity contribution < 1.29 is 18.7 Å². The van der Waals surface area contributed by atoms with Crippen molar-refractivity contribution in [2.24, 2.45) is 0 Å². The number of hydrogen-bond donors (Lipinski definition) is 1. The monoisotopic (exact) mass is 434 g/mol. The number of amides is 1. The maximum atomic E-state index is 13.7. The number of halogens is 1. The summed E-state index contributed by atoms with van der Waals surface area (Å²) in [5, 5.41) is 2.99. The van der Waals surface area contributed by atoms with Gasteiger partial charge >= 0.3 is 0 Å². The number of aryl methyl sites for hydroxylation is 1. The summed E-state index contributed by atoms with van der Waals surface area (Å²) in [7, 11) is 1.62. The number of carbonyl (C=O) groups excluding carboxylic acids is 1. The summed E-state index contributed by atoms with van der Waals surface area (Å²) in [6, 6.07) is 20.3. The van der Waals surface area contributed by atoms with Crippen LogP contribution in [0.4, 0.5) is 10.1 Å². The summed E-state index contributed by atoms with van der Waals surface area (Å²) in [5.74, 6) is 0.852. The third-order valence-electron chi connectivity index (χ3n) is 5.62. The van der Waals surface area contributed by atoms with E-state index in [0.717, 1.165) is 22.6 Å². The van der Waals surface area contributed by atoms with E-state index in [1.807, 2.05) is 31.2 Å². The normalized spacial score (nSPS) is 15.0. The molecule has 0 radical (unpaired) electrons. The third-order valence-corrected chi connectivity index (χ3v) is 5.62. The topological polar surface area (TPSA) is 50.8 Å². The summed E-state index contributed by atoms with van der Waals surface area (Å²) >= 11 is 0. The van der Waals surface area contributed by atoms with Gasteiger partial charge in [0.15, 0.2) is 0 Å². The minimum Gasteiger partial charge on any atom is -0.497 e. The molecule has 1 aliphatic heterocycles. The second-order valence-electron chi connectivity index (χ2n) is 8.02. The molecule has 1 atom stereocenters. The number of hydrogen-bond acceptors (Lipinski definition) is 4. The highest BCUT2D eigenvalue weighted by atomic mass is 19.1. The van der Waals surface area contributed by atoms with E-state index >= 15 is 0 Å². The summed E-state index contributed by atoms with van der Waals surface area (Å²) in [6.07, 6.45) is 0.270. The van der Waals surface area contributed by atoms with Gasteiger partial charge in [0.25, 0.3) is 0 Å². The zero-order valence-corrected chi connectivity index (χ0v) is 18.3. The van der Waals surface area contributed by atoms with E-state index in [9.17, 15) is 9.18 Å². The quantitative estimate of drug-likeness (QED) is 0.590. The van der Waals surface area contributed by atoms with Crippen LogP contribution in [-0.4, -0.2) is 25.7 Å². The van der Waals surface area contributed by atoms with Gasteiger partial charge in [-0.3, -0.25) is 4.79 Å². The van der Waals surface area contributed by atoms with Crippen LogP contribution in [0.3, 0.4) is 0 Å². The molecule has 0 saturated carbocycles. The van der Waals surface area contributed by atoms with Gasteiger partial charge in [-0.15, -0.1) is 0 Å². The van der Waals surface area contributed by atoms with Crippen LogP contribution in [0, 0.1) is 12.7 Å². The first-order chi connectivity index (χ1) is 15.5. The number of benzene rings is 3. The number of fused-ring (bicyclic) bond motifs is 1. The predicted molar refractivity (Wildman–Crippen MR) is 123 cm³/mol. The summed E-state index contributed by atoms with van der Waals surface area (Å²) < 4.78 is 24.8. The molecule has 0 aliphatic carbocycles. The van der Waals surface area contributed by atoms with E-state index in [1.165, 1.54) is 17.7 Å². The van der Waals surface area contributed by atoms with Crippen molar-refractivity contribution >= 4 is 11.6 Å². The Balaban J connectivity index is 1.48. The van der Waals surface area contributed by atoms with Gasteiger partial charge in [0, 0.05) is 19.2 Å². The van der Waals surface area contributed by atoms with Crippen molar-refractivity contribution in [1.29, 1.82) is 0 Å². The average Bonchev–Trinajstić information content (AvgIpc) is 2.80. The molecule has 166 valence electrons. The lowest BCUT2D eigenvalue weighted by atomic mass is 10.1. The van der Waals surface area contributed by atoms with Crippen LogP contribution < -0.4 is 19.7 Å². The number of nitrogens with zero attached hydrogens (tertiary/aromatic N) is 1. The molecule has 0 saturated heterocycles. The van der Waals surface area contributed by atoms with Crippen molar-refractivity contribution in [1.82, 2.24) is 5.32 Å². The van der Waals surface area contributed by atoms with Gasteiger partial charge in [0.1, 0.15) is 23.9 Å². The molecular weight excluding hydrogens is 407 g/mol. The molecule has 1 amide bonds. The first kappa shape index (κ1) is 21.7. The van der Waals surface area contributed by atoms with Crippen molar-refractivity contribution in [2.45, 2.75) is 32.5 Å². The Bertz CT molecular complexity index is 1080. The van der Waals surface area contributed by atoms with Crippen LogP contribution in [0.25, 0.3) is 0 Å². The lowest BCUT2D eigenvalue weighted by Crippen LogP contribution is -2.45. The molecule has 4 rings (SSSR count). The summed E-state index contributed by atoms with van der Waals surface area (Å²) in [5.41, 5.74) is 4.07. The zero-order chi connectivity index (χ0) is 22.5. The van der Waals surface area contributed by atoms with Crippen molar-refractivity contribution in [2.75, 3.05) is 18.6 Å². The second kappa shape index (κ2) is 9.73. The molecule has 0 fully saturated rings. The second-order valence-corrected chi connectivity index (χ2v) is 8.02. The molecule has 5 nitrogen and oxygen atoms in total. The smallest absolute Gasteiger partial charge is 0.222 e. The van der Waals surface area contributed by atoms with Crippen LogP contribution in [0.1, 0.15) is 23.1 Å². The van der Waals surface area contributed by atoms with Crippen LogP contribution in [0.5, 0.6) is 11.5 Å². The summed E-state index contributed by atoms with van der Waals surface area (Å²) in [4.78, 5) is 14.9. The predicted octanol–water partition coefficient (Wildman–Crippen LogP) is 4.62. The number of methoxy groups -OCH3 is 1. The van der Waals surface area contributed by atoms with E-state index in [-0.39, 0.29) is 24.2 Å². The minimum absolute atomic E-state index is 0.0686. The third kappa shape index (κ3) is 5.19. The Kier molecular flexibility index (Phi) is 6.59. The molecule has 1 N–H and O–H groups in total. The molecule has 0 aromatic heterocycles. The number of rotatable bonds is 7. The maximum Gasteiger partial charge on any atom is 0.222 e. The molecule has 3 aromatic rings. The van der Waals surface area contributed by atoms with Gasteiger partial charge in [-0.2, -0.15) is 0 Å². The zero-order valence-electron chi connectivity index (χ0n) is 18.3. The number of ether oxygens (including phenoxy) is 2. The molecule has 0 bridgehead atoms. The highest BCUT2D eigenvalue weighted by Crippen LogP contribution is 2.36. The molecule has 1 aliphatic rings. The first-order valence-corrected chi connectivity index (χ1v) is 10.7. The van der Waals surface area contributed by atoms with Crippen molar-refractivity contribution in [3.05, 3.63) is 89.2 Å². The first-order valence-electron chi connectivity index (χ1n) is 10.7. The Hall–Kier alpha value is -3.54. The number of anilines is 1. The fraction of sp³-hybridized carbons (Fsp3) is 0.269. The van der Waals surface area contributed by atoms with Gasteiger partial charge in [0.2, 0.25) is 5.91 Å². The van der Waals surface area contributed by atoms with E-state index < -0.39 is 0 Å². The van der Waals surface area contributed by atoms with Gasteiger partial charge in [-0.1, -0.05) is 42.0 Å². The minimum atomic E-state index is -0.339. The Morgan fingerprint density at radius 1 is 1.12 bits per heavy atom.